The summed E-state index contributed by atoms with van der Waals surface area (Å²) in [5, 5.41) is 0. The van der Waals surface area contributed by atoms with Gasteiger partial charge in [0.25, 0.3) is 0 Å². The molecule has 6 heteroatoms. The number of nitrogens with two attached hydrogens (primary N) is 1. The van der Waals surface area contributed by atoms with E-state index in [1.54, 1.807) is 0 Å². The number of hydrogen-bond donors (Lipinski definition) is 2. The number of rotatable bonds is 6. The van der Waals surface area contributed by atoms with E-state index < -0.39 is 10.0 Å². The molecule has 5 nitrogen and oxygen atoms in total. The molecule has 0 aromatic carbocycles. The zero-order chi connectivity index (χ0) is 11.3. The maximum atomic E-state index is 11.5. The molecule has 1 aliphatic rings. The van der Waals surface area contributed by atoms with Crippen LogP contribution in [0.2, 0.25) is 0 Å². The second-order valence-corrected chi connectivity index (χ2v) is 6.01. The molecule has 0 bridgehead atoms. The minimum atomic E-state index is -3.11. The molecule has 0 radical (unpaired) electrons. The van der Waals surface area contributed by atoms with Crippen molar-refractivity contribution in [1.29, 1.82) is 0 Å². The summed E-state index contributed by atoms with van der Waals surface area (Å²) in [7, 11) is -1.08. The first-order valence-corrected chi connectivity index (χ1v) is 7.08. The molecule has 0 aliphatic carbocycles. The summed E-state index contributed by atoms with van der Waals surface area (Å²) in [6.07, 6.45) is 2.76. The summed E-state index contributed by atoms with van der Waals surface area (Å²) < 4.78 is 25.6. The van der Waals surface area contributed by atoms with Gasteiger partial charge in [-0.15, -0.1) is 0 Å². The Morgan fingerprint density at radius 2 is 2.27 bits per heavy atom. The SMILES string of the molecule is CN1CCCC1CNS(=O)(=O)CCCN. The van der Waals surface area contributed by atoms with Gasteiger partial charge in [-0.25, -0.2) is 13.1 Å². The zero-order valence-electron chi connectivity index (χ0n) is 9.28. The molecule has 1 unspecified atom stereocenters. The lowest BCUT2D eigenvalue weighted by Gasteiger charge is -2.19. The van der Waals surface area contributed by atoms with Crippen LogP contribution in [0, 0.1) is 0 Å². The largest absolute Gasteiger partial charge is 0.330 e. The highest BCUT2D eigenvalue weighted by Crippen LogP contribution is 2.13. The Hall–Kier alpha value is -0.170. The van der Waals surface area contributed by atoms with E-state index in [0.29, 0.717) is 25.6 Å². The Labute approximate surface area is 92.1 Å². The highest BCUT2D eigenvalue weighted by atomic mass is 32.2. The molecule has 0 spiro atoms. The van der Waals surface area contributed by atoms with E-state index in [1.165, 1.54) is 0 Å². The Balaban J connectivity index is 2.29. The number of sulfonamides is 1. The zero-order valence-corrected chi connectivity index (χ0v) is 10.1. The Bertz CT molecular complexity index is 279. The molecular weight excluding hydrogens is 214 g/mol. The minimum Gasteiger partial charge on any atom is -0.330 e. The fourth-order valence-corrected chi connectivity index (χ4v) is 2.94. The van der Waals surface area contributed by atoms with E-state index in [4.69, 9.17) is 5.73 Å². The molecule has 1 atom stereocenters. The van der Waals surface area contributed by atoms with Gasteiger partial charge in [-0.3, -0.25) is 0 Å². The van der Waals surface area contributed by atoms with Crippen molar-refractivity contribution >= 4 is 10.0 Å². The summed E-state index contributed by atoms with van der Waals surface area (Å²) in [5.41, 5.74) is 5.28. The van der Waals surface area contributed by atoms with E-state index >= 15 is 0 Å². The van der Waals surface area contributed by atoms with Crippen molar-refractivity contribution in [3.8, 4) is 0 Å². The van der Waals surface area contributed by atoms with Gasteiger partial charge in [-0.05, 0) is 39.4 Å². The third-order valence-electron chi connectivity index (χ3n) is 2.83. The van der Waals surface area contributed by atoms with Crippen LogP contribution in [0.3, 0.4) is 0 Å². The molecule has 0 saturated carbocycles. The Kier molecular flexibility index (Phi) is 4.98. The summed E-state index contributed by atoms with van der Waals surface area (Å²) >= 11 is 0. The number of nitrogens with one attached hydrogen (secondary N) is 1. The fourth-order valence-electron chi connectivity index (χ4n) is 1.81. The molecule has 0 amide bonds. The van der Waals surface area contributed by atoms with Crippen molar-refractivity contribution in [3.63, 3.8) is 0 Å². The maximum Gasteiger partial charge on any atom is 0.211 e. The van der Waals surface area contributed by atoms with Crippen LogP contribution in [-0.2, 0) is 10.0 Å². The summed E-state index contributed by atoms with van der Waals surface area (Å²) in [5.74, 6) is 0.139. The van der Waals surface area contributed by atoms with Gasteiger partial charge in [0.1, 0.15) is 0 Å². The topological polar surface area (TPSA) is 75.4 Å². The van der Waals surface area contributed by atoms with E-state index in [1.807, 2.05) is 7.05 Å². The van der Waals surface area contributed by atoms with E-state index in [9.17, 15) is 8.42 Å². The van der Waals surface area contributed by atoms with Crippen molar-refractivity contribution in [2.45, 2.75) is 25.3 Å². The van der Waals surface area contributed by atoms with Crippen LogP contribution in [0.15, 0.2) is 0 Å². The second kappa shape index (κ2) is 5.79. The monoisotopic (exact) mass is 235 g/mol. The Morgan fingerprint density at radius 1 is 1.53 bits per heavy atom. The Morgan fingerprint density at radius 3 is 2.80 bits per heavy atom. The van der Waals surface area contributed by atoms with Crippen molar-refractivity contribution in [2.75, 3.05) is 32.4 Å². The summed E-state index contributed by atoms with van der Waals surface area (Å²) in [6.45, 7) is 2.02. The molecule has 1 aliphatic heterocycles. The fraction of sp³-hybridized carbons (Fsp3) is 1.00. The van der Waals surface area contributed by atoms with Crippen molar-refractivity contribution < 1.29 is 8.42 Å². The summed E-state index contributed by atoms with van der Waals surface area (Å²) in [4.78, 5) is 2.20. The average Bonchev–Trinajstić information content (AvgIpc) is 2.58. The van der Waals surface area contributed by atoms with Crippen LogP contribution in [-0.4, -0.2) is 51.8 Å². The van der Waals surface area contributed by atoms with Crippen LogP contribution in [0.4, 0.5) is 0 Å². The lowest BCUT2D eigenvalue weighted by Crippen LogP contribution is -2.39. The highest BCUT2D eigenvalue weighted by Gasteiger charge is 2.22. The minimum absolute atomic E-state index is 0.139. The molecule has 1 rings (SSSR count). The smallest absolute Gasteiger partial charge is 0.211 e. The number of likely N-dealkylation sites (tertiary alicyclic amines) is 1. The molecular formula is C9H21N3O2S. The van der Waals surface area contributed by atoms with Gasteiger partial charge in [0.05, 0.1) is 5.75 Å². The van der Waals surface area contributed by atoms with Crippen LogP contribution in [0.25, 0.3) is 0 Å². The van der Waals surface area contributed by atoms with Crippen molar-refractivity contribution in [1.82, 2.24) is 9.62 Å². The standard InChI is InChI=1S/C9H21N3O2S/c1-12-6-2-4-9(12)8-11-15(13,14)7-3-5-10/h9,11H,2-8,10H2,1H3. The highest BCUT2D eigenvalue weighted by molar-refractivity contribution is 7.89. The number of hydrogen-bond acceptors (Lipinski definition) is 4. The normalized spacial score (nSPS) is 23.5. The number of likely N-dealkylation sites (N-methyl/N-ethyl adjacent to an activating group) is 1. The van der Waals surface area contributed by atoms with Gasteiger partial charge in [-0.1, -0.05) is 0 Å². The molecule has 0 aromatic heterocycles. The molecule has 15 heavy (non-hydrogen) atoms. The third-order valence-corrected chi connectivity index (χ3v) is 4.26. The quantitative estimate of drug-likeness (QED) is 0.641. The predicted molar refractivity (Wildman–Crippen MR) is 61.1 cm³/mol. The van der Waals surface area contributed by atoms with Gasteiger partial charge in [0.2, 0.25) is 10.0 Å². The van der Waals surface area contributed by atoms with E-state index in [2.05, 4.69) is 9.62 Å². The van der Waals surface area contributed by atoms with Gasteiger partial charge in [-0.2, -0.15) is 0 Å². The first kappa shape index (κ1) is 12.9. The van der Waals surface area contributed by atoms with Crippen LogP contribution < -0.4 is 10.5 Å². The molecule has 1 fully saturated rings. The summed E-state index contributed by atoms with van der Waals surface area (Å²) in [6, 6.07) is 0.359. The van der Waals surface area contributed by atoms with Gasteiger partial charge in [0, 0.05) is 12.6 Å². The molecule has 3 N–H and O–H groups in total. The molecule has 90 valence electrons. The predicted octanol–water partition coefficient (Wildman–Crippen LogP) is -0.651. The lowest BCUT2D eigenvalue weighted by molar-refractivity contribution is 0.311. The molecule has 1 saturated heterocycles. The van der Waals surface area contributed by atoms with E-state index in [-0.39, 0.29) is 5.75 Å². The van der Waals surface area contributed by atoms with E-state index in [0.717, 1.165) is 19.4 Å². The van der Waals surface area contributed by atoms with Gasteiger partial charge < -0.3 is 10.6 Å². The van der Waals surface area contributed by atoms with Crippen molar-refractivity contribution in [2.24, 2.45) is 5.73 Å². The first-order valence-electron chi connectivity index (χ1n) is 5.43. The van der Waals surface area contributed by atoms with Crippen LogP contribution in [0.5, 0.6) is 0 Å². The number of nitrogens with zero attached hydrogens (tertiary/aromatic N) is 1. The third kappa shape index (κ3) is 4.46. The van der Waals surface area contributed by atoms with Crippen LogP contribution in [0.1, 0.15) is 19.3 Å². The van der Waals surface area contributed by atoms with Crippen LogP contribution >= 0.6 is 0 Å². The molecule has 1 heterocycles. The average molecular weight is 235 g/mol. The van der Waals surface area contributed by atoms with Crippen molar-refractivity contribution in [3.05, 3.63) is 0 Å². The van der Waals surface area contributed by atoms with Gasteiger partial charge >= 0.3 is 0 Å². The van der Waals surface area contributed by atoms with Gasteiger partial charge in [0.15, 0.2) is 0 Å². The maximum absolute atomic E-state index is 11.5. The second-order valence-electron chi connectivity index (χ2n) is 4.09. The first-order chi connectivity index (χ1) is 7.05. The lowest BCUT2D eigenvalue weighted by atomic mass is 10.2. The molecule has 0 aromatic rings.